The predicted octanol–water partition coefficient (Wildman–Crippen LogP) is 1.63. The van der Waals surface area contributed by atoms with Gasteiger partial charge < -0.3 is 20.4 Å². The van der Waals surface area contributed by atoms with Crippen molar-refractivity contribution >= 4 is 11.6 Å². The van der Waals surface area contributed by atoms with E-state index in [0.29, 0.717) is 5.96 Å². The maximum atomic E-state index is 5.98. The van der Waals surface area contributed by atoms with E-state index in [0.717, 1.165) is 36.6 Å². The Hall–Kier alpha value is -2.50. The molecule has 2 aromatic rings. The summed E-state index contributed by atoms with van der Waals surface area (Å²) in [5, 5.41) is 3.10. The molecular formula is C15H19N5O. The van der Waals surface area contributed by atoms with E-state index >= 15 is 0 Å². The van der Waals surface area contributed by atoms with Crippen LogP contribution in [0.3, 0.4) is 0 Å². The molecule has 0 bridgehead atoms. The monoisotopic (exact) mass is 285 g/mol. The summed E-state index contributed by atoms with van der Waals surface area (Å²) in [7, 11) is 1.64. The molecule has 1 atom stereocenters. The smallest absolute Gasteiger partial charge is 0.193 e. The number of fused-ring (bicyclic) bond motifs is 1. The zero-order valence-corrected chi connectivity index (χ0v) is 12.0. The van der Waals surface area contributed by atoms with Gasteiger partial charge in [-0.3, -0.25) is 0 Å². The number of aliphatic imine (C=N–C) groups is 1. The fourth-order valence-electron chi connectivity index (χ4n) is 2.50. The SMILES string of the molecule is COc1ccc(NC(N)=NC2CCn3ccnc3C2)cc1. The average molecular weight is 285 g/mol. The number of nitrogens with zero attached hydrogens (tertiary/aromatic N) is 3. The topological polar surface area (TPSA) is 77.5 Å². The van der Waals surface area contributed by atoms with Crippen LogP contribution in [0.25, 0.3) is 0 Å². The summed E-state index contributed by atoms with van der Waals surface area (Å²) in [6.07, 6.45) is 5.65. The highest BCUT2D eigenvalue weighted by Crippen LogP contribution is 2.17. The second-order valence-electron chi connectivity index (χ2n) is 5.05. The molecule has 110 valence electrons. The first-order valence-electron chi connectivity index (χ1n) is 6.99. The third kappa shape index (κ3) is 3.16. The van der Waals surface area contributed by atoms with Gasteiger partial charge in [0.25, 0.3) is 0 Å². The number of aryl methyl sites for hydroxylation is 1. The van der Waals surface area contributed by atoms with Gasteiger partial charge in [-0.25, -0.2) is 9.98 Å². The van der Waals surface area contributed by atoms with Crippen LogP contribution in [-0.4, -0.2) is 28.7 Å². The molecule has 0 saturated heterocycles. The highest BCUT2D eigenvalue weighted by Gasteiger charge is 2.18. The lowest BCUT2D eigenvalue weighted by Crippen LogP contribution is -2.29. The summed E-state index contributed by atoms with van der Waals surface area (Å²) in [5.41, 5.74) is 6.88. The van der Waals surface area contributed by atoms with Gasteiger partial charge in [0.15, 0.2) is 5.96 Å². The van der Waals surface area contributed by atoms with Gasteiger partial charge in [0.05, 0.1) is 13.2 Å². The van der Waals surface area contributed by atoms with Crippen molar-refractivity contribution in [2.75, 3.05) is 12.4 Å². The number of nitrogens with two attached hydrogens (primary N) is 1. The molecule has 2 heterocycles. The van der Waals surface area contributed by atoms with Crippen molar-refractivity contribution in [2.24, 2.45) is 10.7 Å². The zero-order chi connectivity index (χ0) is 14.7. The Balaban J connectivity index is 1.63. The first-order valence-corrected chi connectivity index (χ1v) is 6.99. The van der Waals surface area contributed by atoms with Gasteiger partial charge in [0, 0.05) is 31.0 Å². The molecule has 0 amide bonds. The zero-order valence-electron chi connectivity index (χ0n) is 12.0. The van der Waals surface area contributed by atoms with Crippen LogP contribution in [0.4, 0.5) is 5.69 Å². The van der Waals surface area contributed by atoms with Gasteiger partial charge in [0.2, 0.25) is 0 Å². The summed E-state index contributed by atoms with van der Waals surface area (Å²) in [6.45, 7) is 0.944. The number of aromatic nitrogens is 2. The highest BCUT2D eigenvalue weighted by molar-refractivity contribution is 5.92. The molecule has 1 aromatic heterocycles. The molecule has 0 radical (unpaired) electrons. The van der Waals surface area contributed by atoms with E-state index in [1.807, 2.05) is 36.7 Å². The normalized spacial score (nSPS) is 18.1. The van der Waals surface area contributed by atoms with Crippen molar-refractivity contribution in [2.45, 2.75) is 25.4 Å². The van der Waals surface area contributed by atoms with Crippen LogP contribution in [0.5, 0.6) is 5.75 Å². The van der Waals surface area contributed by atoms with E-state index in [1.165, 1.54) is 0 Å². The number of methoxy groups -OCH3 is 1. The van der Waals surface area contributed by atoms with E-state index in [2.05, 4.69) is 19.9 Å². The summed E-state index contributed by atoms with van der Waals surface area (Å²) < 4.78 is 7.29. The number of imidazole rings is 1. The number of hydrogen-bond donors (Lipinski definition) is 2. The van der Waals surface area contributed by atoms with E-state index in [9.17, 15) is 0 Å². The van der Waals surface area contributed by atoms with Crippen molar-refractivity contribution < 1.29 is 4.74 Å². The number of anilines is 1. The first-order chi connectivity index (χ1) is 10.2. The second-order valence-corrected chi connectivity index (χ2v) is 5.05. The number of nitrogens with one attached hydrogen (secondary N) is 1. The van der Waals surface area contributed by atoms with Gasteiger partial charge in [-0.2, -0.15) is 0 Å². The van der Waals surface area contributed by atoms with Crippen LogP contribution in [-0.2, 0) is 13.0 Å². The molecule has 1 aliphatic rings. The summed E-state index contributed by atoms with van der Waals surface area (Å²) in [6, 6.07) is 7.77. The first kappa shape index (κ1) is 13.5. The van der Waals surface area contributed by atoms with E-state index in [1.54, 1.807) is 7.11 Å². The van der Waals surface area contributed by atoms with E-state index in [4.69, 9.17) is 10.5 Å². The molecular weight excluding hydrogens is 266 g/mol. The molecule has 1 aliphatic heterocycles. The molecule has 6 heteroatoms. The minimum absolute atomic E-state index is 0.186. The molecule has 0 spiro atoms. The lowest BCUT2D eigenvalue weighted by molar-refractivity contribution is 0.415. The fourth-order valence-corrected chi connectivity index (χ4v) is 2.50. The van der Waals surface area contributed by atoms with Crippen molar-refractivity contribution in [3.8, 4) is 5.75 Å². The van der Waals surface area contributed by atoms with Gasteiger partial charge in [0.1, 0.15) is 11.6 Å². The highest BCUT2D eigenvalue weighted by atomic mass is 16.5. The van der Waals surface area contributed by atoms with Crippen molar-refractivity contribution in [1.82, 2.24) is 9.55 Å². The van der Waals surface area contributed by atoms with Crippen LogP contribution in [0.2, 0.25) is 0 Å². The Morgan fingerprint density at radius 1 is 1.43 bits per heavy atom. The third-order valence-corrected chi connectivity index (χ3v) is 3.61. The summed E-state index contributed by atoms with van der Waals surface area (Å²) in [5.74, 6) is 2.33. The molecule has 21 heavy (non-hydrogen) atoms. The summed E-state index contributed by atoms with van der Waals surface area (Å²) >= 11 is 0. The second kappa shape index (κ2) is 5.87. The number of hydrogen-bond acceptors (Lipinski definition) is 3. The van der Waals surface area contributed by atoms with E-state index in [-0.39, 0.29) is 6.04 Å². The van der Waals surface area contributed by atoms with Crippen LogP contribution >= 0.6 is 0 Å². The van der Waals surface area contributed by atoms with E-state index < -0.39 is 0 Å². The lowest BCUT2D eigenvalue weighted by atomic mass is 10.1. The van der Waals surface area contributed by atoms with Gasteiger partial charge in [-0.05, 0) is 30.7 Å². The minimum atomic E-state index is 0.186. The third-order valence-electron chi connectivity index (χ3n) is 3.61. The average Bonchev–Trinajstić information content (AvgIpc) is 2.95. The Kier molecular flexibility index (Phi) is 3.77. The predicted molar refractivity (Wildman–Crippen MR) is 82.6 cm³/mol. The molecule has 1 unspecified atom stereocenters. The number of ether oxygens (including phenoxy) is 1. The Labute approximate surface area is 123 Å². The minimum Gasteiger partial charge on any atom is -0.497 e. The fraction of sp³-hybridized carbons (Fsp3) is 0.333. The number of benzene rings is 1. The van der Waals surface area contributed by atoms with Gasteiger partial charge in [-0.15, -0.1) is 0 Å². The Morgan fingerprint density at radius 2 is 2.24 bits per heavy atom. The quantitative estimate of drug-likeness (QED) is 0.664. The molecule has 0 aliphatic carbocycles. The van der Waals surface area contributed by atoms with Crippen molar-refractivity contribution in [1.29, 1.82) is 0 Å². The Morgan fingerprint density at radius 3 is 3.00 bits per heavy atom. The molecule has 3 rings (SSSR count). The number of rotatable bonds is 3. The largest absolute Gasteiger partial charge is 0.497 e. The van der Waals surface area contributed by atoms with Crippen molar-refractivity contribution in [3.05, 3.63) is 42.5 Å². The molecule has 3 N–H and O–H groups in total. The maximum Gasteiger partial charge on any atom is 0.193 e. The standard InChI is InChI=1S/C15H19N5O/c1-21-13-4-2-11(3-5-13)18-15(16)19-12-6-8-20-9-7-17-14(20)10-12/h2-5,7,9,12H,6,8,10H2,1H3,(H3,16,18,19). The van der Waals surface area contributed by atoms with Crippen LogP contribution in [0.1, 0.15) is 12.2 Å². The van der Waals surface area contributed by atoms with Crippen LogP contribution < -0.4 is 15.8 Å². The molecule has 6 nitrogen and oxygen atoms in total. The molecule has 0 fully saturated rings. The lowest BCUT2D eigenvalue weighted by Gasteiger charge is -2.20. The van der Waals surface area contributed by atoms with Gasteiger partial charge in [-0.1, -0.05) is 0 Å². The Bertz CT molecular complexity index is 632. The molecule has 0 saturated carbocycles. The maximum absolute atomic E-state index is 5.98. The molecule has 1 aromatic carbocycles. The van der Waals surface area contributed by atoms with Crippen LogP contribution in [0, 0.1) is 0 Å². The van der Waals surface area contributed by atoms with Crippen LogP contribution in [0.15, 0.2) is 41.7 Å². The van der Waals surface area contributed by atoms with Crippen molar-refractivity contribution in [3.63, 3.8) is 0 Å². The van der Waals surface area contributed by atoms with Gasteiger partial charge >= 0.3 is 0 Å². The summed E-state index contributed by atoms with van der Waals surface area (Å²) in [4.78, 5) is 8.89. The number of guanidine groups is 1.